The van der Waals surface area contributed by atoms with Crippen LogP contribution < -0.4 is 4.31 Å². The first-order valence-corrected chi connectivity index (χ1v) is 9.71. The molecule has 0 atom stereocenters. The Morgan fingerprint density at radius 2 is 2.04 bits per heavy atom. The average molecular weight is 348 g/mol. The molecule has 0 saturated heterocycles. The molecule has 1 fully saturated rings. The minimum absolute atomic E-state index is 0.193. The normalized spacial score (nSPS) is 15.7. The van der Waals surface area contributed by atoms with Crippen molar-refractivity contribution in [3.8, 4) is 0 Å². The molecular weight excluding hydrogens is 332 g/mol. The van der Waals surface area contributed by atoms with Crippen molar-refractivity contribution < 1.29 is 8.42 Å². The first kappa shape index (κ1) is 14.6. The first-order valence-electron chi connectivity index (χ1n) is 7.45. The molecule has 4 rings (SSSR count). The average Bonchev–Trinajstić information content (AvgIpc) is 3.11. The molecular formula is C15H16N4O2S2. The number of anilines is 1. The number of thiazole rings is 1. The molecule has 0 aliphatic heterocycles. The maximum atomic E-state index is 13.0. The minimum Gasteiger partial charge on any atom is -0.249 e. The topological polar surface area (TPSA) is 68.1 Å². The molecule has 1 aliphatic carbocycles. The third kappa shape index (κ3) is 2.33. The summed E-state index contributed by atoms with van der Waals surface area (Å²) in [6.07, 6.45) is 4.64. The van der Waals surface area contributed by atoms with E-state index in [1.807, 2.05) is 24.3 Å². The molecule has 2 aromatic heterocycles. The van der Waals surface area contributed by atoms with E-state index in [4.69, 9.17) is 0 Å². The van der Waals surface area contributed by atoms with Gasteiger partial charge >= 0.3 is 0 Å². The summed E-state index contributed by atoms with van der Waals surface area (Å²) in [5, 5.41) is 4.92. The summed E-state index contributed by atoms with van der Waals surface area (Å²) < 4.78 is 29.8. The number of para-hydroxylation sites is 1. The summed E-state index contributed by atoms with van der Waals surface area (Å²) in [6.45, 7) is 0. The number of benzene rings is 1. The molecule has 2 heterocycles. The second kappa shape index (κ2) is 5.31. The molecule has 0 bridgehead atoms. The second-order valence-electron chi connectivity index (χ2n) is 5.64. The maximum Gasteiger partial charge on any atom is 0.283 e. The Morgan fingerprint density at radius 3 is 2.74 bits per heavy atom. The zero-order valence-electron chi connectivity index (χ0n) is 12.6. The van der Waals surface area contributed by atoms with Crippen LogP contribution >= 0.6 is 11.3 Å². The second-order valence-corrected chi connectivity index (χ2v) is 8.56. The Hall–Kier alpha value is -1.93. The summed E-state index contributed by atoms with van der Waals surface area (Å²) >= 11 is 1.37. The molecule has 23 heavy (non-hydrogen) atoms. The van der Waals surface area contributed by atoms with Crippen LogP contribution in [-0.2, 0) is 10.0 Å². The molecule has 6 nitrogen and oxygen atoms in total. The van der Waals surface area contributed by atoms with Gasteiger partial charge in [0.25, 0.3) is 10.0 Å². The predicted octanol–water partition coefficient (Wildman–Crippen LogP) is 3.04. The Morgan fingerprint density at radius 1 is 1.26 bits per heavy atom. The van der Waals surface area contributed by atoms with E-state index in [0.717, 1.165) is 29.5 Å². The molecule has 1 saturated carbocycles. The fraction of sp³-hybridized carbons (Fsp3) is 0.333. The molecule has 0 unspecified atom stereocenters. The van der Waals surface area contributed by atoms with Crippen LogP contribution in [0.1, 0.15) is 25.3 Å². The van der Waals surface area contributed by atoms with Crippen LogP contribution in [0.15, 0.2) is 41.6 Å². The van der Waals surface area contributed by atoms with Gasteiger partial charge in [-0.15, -0.1) is 0 Å². The number of aromatic nitrogens is 3. The molecule has 1 aliphatic rings. The van der Waals surface area contributed by atoms with Crippen LogP contribution in [0.3, 0.4) is 0 Å². The van der Waals surface area contributed by atoms with Gasteiger partial charge in [0.2, 0.25) is 0 Å². The smallest absolute Gasteiger partial charge is 0.249 e. The summed E-state index contributed by atoms with van der Waals surface area (Å²) in [6, 6.07) is 9.40. The van der Waals surface area contributed by atoms with E-state index in [2.05, 4.69) is 10.1 Å². The molecule has 3 aromatic rings. The van der Waals surface area contributed by atoms with Gasteiger partial charge in [0.05, 0.1) is 22.5 Å². The van der Waals surface area contributed by atoms with Gasteiger partial charge < -0.3 is 0 Å². The zero-order chi connectivity index (χ0) is 16.0. The van der Waals surface area contributed by atoms with Crippen LogP contribution in [0.5, 0.6) is 0 Å². The maximum absolute atomic E-state index is 13.0. The van der Waals surface area contributed by atoms with Gasteiger partial charge in [0, 0.05) is 7.05 Å². The highest BCUT2D eigenvalue weighted by Crippen LogP contribution is 2.35. The Bertz CT molecular complexity index is 924. The Labute approximate surface area is 138 Å². The fourth-order valence-electron chi connectivity index (χ4n) is 2.65. The van der Waals surface area contributed by atoms with Crippen molar-refractivity contribution in [2.45, 2.75) is 30.3 Å². The third-order valence-electron chi connectivity index (χ3n) is 4.23. The molecule has 0 amide bonds. The summed E-state index contributed by atoms with van der Waals surface area (Å²) in [7, 11) is -2.12. The molecule has 8 heteroatoms. The lowest BCUT2D eigenvalue weighted by Gasteiger charge is -2.28. The molecule has 0 radical (unpaired) electrons. The number of fused-ring (bicyclic) bond motifs is 1. The lowest BCUT2D eigenvalue weighted by atomic mass is 9.93. The quantitative estimate of drug-likeness (QED) is 0.727. The highest BCUT2D eigenvalue weighted by atomic mass is 32.2. The highest BCUT2D eigenvalue weighted by Gasteiger charge is 2.31. The summed E-state index contributed by atoms with van der Waals surface area (Å²) in [5.41, 5.74) is 0.807. The van der Waals surface area contributed by atoms with E-state index in [1.165, 1.54) is 15.6 Å². The van der Waals surface area contributed by atoms with E-state index in [-0.39, 0.29) is 11.1 Å². The van der Waals surface area contributed by atoms with E-state index < -0.39 is 10.0 Å². The van der Waals surface area contributed by atoms with Gasteiger partial charge in [-0.3, -0.25) is 0 Å². The van der Waals surface area contributed by atoms with Crippen LogP contribution in [0.2, 0.25) is 0 Å². The van der Waals surface area contributed by atoms with Gasteiger partial charge in [0.15, 0.2) is 10.2 Å². The predicted molar refractivity (Wildman–Crippen MR) is 90.3 cm³/mol. The molecule has 0 spiro atoms. The summed E-state index contributed by atoms with van der Waals surface area (Å²) in [4.78, 5) is 4.43. The largest absolute Gasteiger partial charge is 0.283 e. The van der Waals surface area contributed by atoms with Gasteiger partial charge in [-0.25, -0.2) is 14.0 Å². The van der Waals surface area contributed by atoms with Crippen LogP contribution in [0, 0.1) is 0 Å². The monoisotopic (exact) mass is 348 g/mol. The van der Waals surface area contributed by atoms with Crippen molar-refractivity contribution >= 4 is 36.7 Å². The number of sulfonamides is 1. The number of hydrogen-bond acceptors (Lipinski definition) is 5. The SMILES string of the molecule is CN(c1nc2ccccc2s1)S(=O)(=O)c1ccnn1C1CCC1. The van der Waals surface area contributed by atoms with Gasteiger partial charge in [0.1, 0.15) is 0 Å². The molecule has 1 aromatic carbocycles. The summed E-state index contributed by atoms with van der Waals surface area (Å²) in [5.74, 6) is 0. The van der Waals surface area contributed by atoms with Crippen molar-refractivity contribution in [1.29, 1.82) is 0 Å². The van der Waals surface area contributed by atoms with Gasteiger partial charge in [-0.05, 0) is 37.5 Å². The first-order chi connectivity index (χ1) is 11.1. The lowest BCUT2D eigenvalue weighted by Crippen LogP contribution is -2.31. The fourth-order valence-corrected chi connectivity index (χ4v) is 5.08. The van der Waals surface area contributed by atoms with Crippen molar-refractivity contribution in [1.82, 2.24) is 14.8 Å². The van der Waals surface area contributed by atoms with Crippen molar-refractivity contribution in [3.63, 3.8) is 0 Å². The van der Waals surface area contributed by atoms with Crippen molar-refractivity contribution in [2.75, 3.05) is 11.4 Å². The Kier molecular flexibility index (Phi) is 3.38. The van der Waals surface area contributed by atoms with E-state index in [1.54, 1.807) is 24.0 Å². The lowest BCUT2D eigenvalue weighted by molar-refractivity contribution is 0.271. The van der Waals surface area contributed by atoms with Gasteiger partial charge in [-0.2, -0.15) is 13.5 Å². The standard InChI is InChI=1S/C15H16N4O2S2/c1-18(15-17-12-7-2-3-8-13(12)22-15)23(20,21)14-9-10-16-19(14)11-5-4-6-11/h2-3,7-11H,4-6H2,1H3. The van der Waals surface area contributed by atoms with E-state index in [9.17, 15) is 8.42 Å². The van der Waals surface area contributed by atoms with Crippen molar-refractivity contribution in [2.24, 2.45) is 0 Å². The molecule has 0 N–H and O–H groups in total. The van der Waals surface area contributed by atoms with Crippen LogP contribution in [0.4, 0.5) is 5.13 Å². The van der Waals surface area contributed by atoms with Crippen molar-refractivity contribution in [3.05, 3.63) is 36.5 Å². The number of hydrogen-bond donors (Lipinski definition) is 0. The zero-order valence-corrected chi connectivity index (χ0v) is 14.2. The van der Waals surface area contributed by atoms with Crippen LogP contribution in [0.25, 0.3) is 10.2 Å². The number of nitrogens with zero attached hydrogens (tertiary/aromatic N) is 4. The third-order valence-corrected chi connectivity index (χ3v) is 7.21. The van der Waals surface area contributed by atoms with E-state index in [0.29, 0.717) is 5.13 Å². The van der Waals surface area contributed by atoms with Gasteiger partial charge in [-0.1, -0.05) is 23.5 Å². The minimum atomic E-state index is -3.67. The highest BCUT2D eigenvalue weighted by molar-refractivity contribution is 7.93. The van der Waals surface area contributed by atoms with Crippen LogP contribution in [-0.4, -0.2) is 30.2 Å². The Balaban J connectivity index is 1.74. The number of rotatable bonds is 4. The van der Waals surface area contributed by atoms with E-state index >= 15 is 0 Å². The molecule has 120 valence electrons.